The van der Waals surface area contributed by atoms with E-state index >= 15 is 0 Å². The zero-order valence-electron chi connectivity index (χ0n) is 15.7. The molecular weight excluding hydrogens is 382 g/mol. The first-order valence-corrected chi connectivity index (χ1v) is 10.4. The largest absolute Gasteiger partial charge is 0.438 e. The molecule has 1 aliphatic carbocycles. The lowest BCUT2D eigenvalue weighted by atomic mass is 9.74. The van der Waals surface area contributed by atoms with Gasteiger partial charge < -0.3 is 24.5 Å². The highest BCUT2D eigenvalue weighted by Gasteiger charge is 2.44. The molecule has 1 aromatic heterocycles. The van der Waals surface area contributed by atoms with E-state index in [1.807, 2.05) is 0 Å². The van der Waals surface area contributed by atoms with Crippen molar-refractivity contribution in [1.29, 1.82) is 0 Å². The minimum absolute atomic E-state index is 0.173. The second kappa shape index (κ2) is 7.21. The van der Waals surface area contributed by atoms with Crippen LogP contribution in [0.4, 0.5) is 10.5 Å². The molecule has 28 heavy (non-hydrogen) atoms. The summed E-state index contributed by atoms with van der Waals surface area (Å²) in [6.07, 6.45) is 6.98. The number of ether oxygens (including phenoxy) is 2. The van der Waals surface area contributed by atoms with E-state index in [-0.39, 0.29) is 12.1 Å². The van der Waals surface area contributed by atoms with Crippen LogP contribution in [0.2, 0.25) is 5.02 Å². The van der Waals surface area contributed by atoms with Gasteiger partial charge in [0.2, 0.25) is 5.89 Å². The normalized spacial score (nSPS) is 22.1. The van der Waals surface area contributed by atoms with Gasteiger partial charge in [-0.15, -0.1) is 0 Å². The van der Waals surface area contributed by atoms with Crippen LogP contribution in [0.3, 0.4) is 0 Å². The Balaban J connectivity index is 1.52. The molecule has 2 N–H and O–H groups in total. The van der Waals surface area contributed by atoms with Crippen molar-refractivity contribution in [2.45, 2.75) is 63.2 Å². The molecule has 1 spiro atoms. The molecule has 5 rings (SSSR count). The Labute approximate surface area is 168 Å². The van der Waals surface area contributed by atoms with Crippen molar-refractivity contribution in [3.8, 4) is 0 Å². The maximum atomic E-state index is 12.3. The van der Waals surface area contributed by atoms with E-state index in [4.69, 9.17) is 25.5 Å². The quantitative estimate of drug-likeness (QED) is 0.786. The van der Waals surface area contributed by atoms with Gasteiger partial charge in [-0.1, -0.05) is 30.9 Å². The Morgan fingerprint density at radius 3 is 2.82 bits per heavy atom. The van der Waals surface area contributed by atoms with Crippen LogP contribution in [0, 0.1) is 0 Å². The predicted molar refractivity (Wildman–Crippen MR) is 105 cm³/mol. The zero-order chi connectivity index (χ0) is 19.1. The molecule has 0 atom stereocenters. The number of rotatable bonds is 3. The SMILES string of the molecule is O=C1Nc2c(Cl)cc3nc(COC4CCOCC4)oc3c2C2(CCCCC2)N1. The number of benzene rings is 1. The summed E-state index contributed by atoms with van der Waals surface area (Å²) in [6.45, 7) is 1.78. The molecule has 2 amide bonds. The number of halogens is 1. The number of urea groups is 1. The van der Waals surface area contributed by atoms with Crippen molar-refractivity contribution in [2.24, 2.45) is 0 Å². The van der Waals surface area contributed by atoms with Gasteiger partial charge >= 0.3 is 6.03 Å². The van der Waals surface area contributed by atoms with Crippen molar-refractivity contribution in [1.82, 2.24) is 10.3 Å². The molecule has 0 unspecified atom stereocenters. The number of hydrogen-bond acceptors (Lipinski definition) is 5. The summed E-state index contributed by atoms with van der Waals surface area (Å²) in [5, 5.41) is 6.52. The Morgan fingerprint density at radius 1 is 1.25 bits per heavy atom. The van der Waals surface area contributed by atoms with Gasteiger partial charge in [0.05, 0.1) is 22.4 Å². The second-order valence-corrected chi connectivity index (χ2v) is 8.32. The molecule has 0 radical (unpaired) electrons. The third-order valence-corrected chi connectivity index (χ3v) is 6.36. The summed E-state index contributed by atoms with van der Waals surface area (Å²) in [6, 6.07) is 1.55. The summed E-state index contributed by atoms with van der Waals surface area (Å²) < 4.78 is 17.5. The highest BCUT2D eigenvalue weighted by molar-refractivity contribution is 6.35. The molecule has 2 aliphatic heterocycles. The van der Waals surface area contributed by atoms with E-state index in [1.165, 1.54) is 6.42 Å². The first kappa shape index (κ1) is 18.2. The average molecular weight is 406 g/mol. The van der Waals surface area contributed by atoms with Crippen molar-refractivity contribution >= 4 is 34.4 Å². The minimum Gasteiger partial charge on any atom is -0.438 e. The molecule has 0 bridgehead atoms. The first-order chi connectivity index (χ1) is 13.6. The van der Waals surface area contributed by atoms with Gasteiger partial charge in [-0.3, -0.25) is 0 Å². The molecule has 7 nitrogen and oxygen atoms in total. The van der Waals surface area contributed by atoms with E-state index in [1.54, 1.807) is 6.07 Å². The number of anilines is 1. The number of amides is 2. The topological polar surface area (TPSA) is 85.6 Å². The molecule has 3 heterocycles. The smallest absolute Gasteiger partial charge is 0.319 e. The maximum Gasteiger partial charge on any atom is 0.319 e. The van der Waals surface area contributed by atoms with Crippen LogP contribution in [-0.2, 0) is 21.6 Å². The fourth-order valence-corrected chi connectivity index (χ4v) is 4.95. The molecule has 8 heteroatoms. The molecule has 150 valence electrons. The van der Waals surface area contributed by atoms with Gasteiger partial charge in [-0.2, -0.15) is 0 Å². The predicted octanol–water partition coefficient (Wildman–Crippen LogP) is 4.47. The van der Waals surface area contributed by atoms with Gasteiger partial charge in [0.25, 0.3) is 0 Å². The summed E-state index contributed by atoms with van der Waals surface area (Å²) in [7, 11) is 0. The van der Waals surface area contributed by atoms with E-state index in [0.717, 1.165) is 57.3 Å². The number of carbonyl (C=O) groups is 1. The molecule has 2 fully saturated rings. The Kier molecular flexibility index (Phi) is 4.69. The van der Waals surface area contributed by atoms with Crippen LogP contribution in [0.25, 0.3) is 11.1 Å². The molecule has 1 saturated carbocycles. The summed E-state index contributed by atoms with van der Waals surface area (Å²) in [5.74, 6) is 0.536. The van der Waals surface area contributed by atoms with E-state index in [9.17, 15) is 4.79 Å². The number of aromatic nitrogens is 1. The fourth-order valence-electron chi connectivity index (χ4n) is 4.71. The van der Waals surface area contributed by atoms with Crippen LogP contribution in [0.1, 0.15) is 56.4 Å². The molecule has 1 aromatic carbocycles. The van der Waals surface area contributed by atoms with Crippen LogP contribution >= 0.6 is 11.6 Å². The van der Waals surface area contributed by atoms with E-state index in [0.29, 0.717) is 34.3 Å². The van der Waals surface area contributed by atoms with Gasteiger partial charge in [-0.05, 0) is 31.7 Å². The number of nitrogens with one attached hydrogen (secondary N) is 2. The van der Waals surface area contributed by atoms with Crippen LogP contribution < -0.4 is 10.6 Å². The highest BCUT2D eigenvalue weighted by atomic mass is 35.5. The molecular formula is C20H24ClN3O4. The Hall–Kier alpha value is -1.83. The van der Waals surface area contributed by atoms with Crippen molar-refractivity contribution in [3.05, 3.63) is 22.5 Å². The summed E-state index contributed by atoms with van der Waals surface area (Å²) in [4.78, 5) is 16.9. The van der Waals surface area contributed by atoms with Crippen LogP contribution in [0.15, 0.2) is 10.5 Å². The van der Waals surface area contributed by atoms with Gasteiger partial charge in [0, 0.05) is 18.8 Å². The second-order valence-electron chi connectivity index (χ2n) is 7.91. The van der Waals surface area contributed by atoms with E-state index in [2.05, 4.69) is 15.6 Å². The maximum absolute atomic E-state index is 12.3. The third-order valence-electron chi connectivity index (χ3n) is 6.06. The van der Waals surface area contributed by atoms with Crippen LogP contribution in [-0.4, -0.2) is 30.3 Å². The standard InChI is InChI=1S/C20H24ClN3O4/c21-13-10-14-18(28-15(22-14)11-27-12-4-8-26-9-5-12)16-17(13)23-19(25)24-20(16)6-2-1-3-7-20/h10,12H,1-9,11H2,(H2,23,24,25). The minimum atomic E-state index is -0.447. The number of carbonyl (C=O) groups excluding carboxylic acids is 1. The lowest BCUT2D eigenvalue weighted by Gasteiger charge is -2.42. The van der Waals surface area contributed by atoms with Crippen molar-refractivity contribution in [2.75, 3.05) is 18.5 Å². The summed E-state index contributed by atoms with van der Waals surface area (Å²) >= 11 is 6.53. The lowest BCUT2D eigenvalue weighted by Crippen LogP contribution is -2.52. The van der Waals surface area contributed by atoms with Crippen molar-refractivity contribution < 1.29 is 18.7 Å². The Morgan fingerprint density at radius 2 is 2.04 bits per heavy atom. The van der Waals surface area contributed by atoms with Gasteiger partial charge in [0.15, 0.2) is 5.58 Å². The third kappa shape index (κ3) is 3.15. The Bertz CT molecular complexity index is 900. The van der Waals surface area contributed by atoms with E-state index < -0.39 is 5.54 Å². The van der Waals surface area contributed by atoms with Gasteiger partial charge in [-0.25, -0.2) is 9.78 Å². The van der Waals surface area contributed by atoms with Gasteiger partial charge in [0.1, 0.15) is 12.1 Å². The number of oxazole rings is 1. The molecule has 2 aromatic rings. The highest BCUT2D eigenvalue weighted by Crippen LogP contribution is 2.48. The monoisotopic (exact) mass is 405 g/mol. The number of hydrogen-bond donors (Lipinski definition) is 2. The number of nitrogens with zero attached hydrogens (tertiary/aromatic N) is 1. The molecule has 3 aliphatic rings. The lowest BCUT2D eigenvalue weighted by molar-refractivity contribution is -0.0442. The first-order valence-electron chi connectivity index (χ1n) is 10.1. The van der Waals surface area contributed by atoms with Crippen LogP contribution in [0.5, 0.6) is 0 Å². The number of fused-ring (bicyclic) bond motifs is 4. The summed E-state index contributed by atoms with van der Waals surface area (Å²) in [5.41, 5.74) is 2.53. The van der Waals surface area contributed by atoms with Crippen molar-refractivity contribution in [3.63, 3.8) is 0 Å². The molecule has 1 saturated heterocycles. The zero-order valence-corrected chi connectivity index (χ0v) is 16.4. The average Bonchev–Trinajstić information content (AvgIpc) is 3.10. The fraction of sp³-hybridized carbons (Fsp3) is 0.600.